The fourth-order valence-electron chi connectivity index (χ4n) is 1.52. The maximum absolute atomic E-state index is 13.6. The lowest BCUT2D eigenvalue weighted by molar-refractivity contribution is 0.354. The average molecular weight is 214 g/mol. The second-order valence-electron chi connectivity index (χ2n) is 3.28. The molecule has 2 nitrogen and oxygen atoms in total. The summed E-state index contributed by atoms with van der Waals surface area (Å²) in [5.41, 5.74) is 5.69. The van der Waals surface area contributed by atoms with E-state index in [4.69, 9.17) is 5.73 Å². The van der Waals surface area contributed by atoms with E-state index in [0.29, 0.717) is 18.8 Å². The quantitative estimate of drug-likeness (QED) is 0.780. The van der Waals surface area contributed by atoms with Crippen LogP contribution < -0.4 is 10.6 Å². The van der Waals surface area contributed by atoms with Crippen molar-refractivity contribution >= 4 is 5.69 Å². The van der Waals surface area contributed by atoms with Gasteiger partial charge in [0.05, 0.1) is 5.69 Å². The maximum Gasteiger partial charge on any atom is 0.174 e. The number of anilines is 1. The van der Waals surface area contributed by atoms with Crippen LogP contribution in [0.1, 0.15) is 25.7 Å². The molecule has 1 rings (SSSR count). The molecule has 0 saturated heterocycles. The van der Waals surface area contributed by atoms with Crippen molar-refractivity contribution in [3.8, 4) is 0 Å². The van der Waals surface area contributed by atoms with Crippen molar-refractivity contribution < 1.29 is 8.78 Å². The molecule has 15 heavy (non-hydrogen) atoms. The van der Waals surface area contributed by atoms with Crippen LogP contribution in [0.15, 0.2) is 18.2 Å². The predicted octanol–water partition coefficient (Wildman–Crippen LogP) is 2.60. The van der Waals surface area contributed by atoms with Gasteiger partial charge in [-0.1, -0.05) is 6.07 Å². The molecular weight excluding hydrogens is 198 g/mol. The van der Waals surface area contributed by atoms with Crippen molar-refractivity contribution in [2.24, 2.45) is 5.73 Å². The monoisotopic (exact) mass is 214 g/mol. The summed E-state index contributed by atoms with van der Waals surface area (Å²) in [5, 5.41) is 0. The zero-order valence-electron chi connectivity index (χ0n) is 9.00. The van der Waals surface area contributed by atoms with Gasteiger partial charge in [-0.15, -0.1) is 0 Å². The molecule has 0 bridgehead atoms. The van der Waals surface area contributed by atoms with Gasteiger partial charge in [-0.25, -0.2) is 8.78 Å². The van der Waals surface area contributed by atoms with Crippen LogP contribution >= 0.6 is 0 Å². The fraction of sp³-hybridized carbons (Fsp3) is 0.455. The molecule has 0 amide bonds. The Morgan fingerprint density at radius 3 is 2.33 bits per heavy atom. The number of hydrogen-bond donors (Lipinski definition) is 1. The third kappa shape index (κ3) is 2.65. The Morgan fingerprint density at radius 1 is 1.33 bits per heavy atom. The van der Waals surface area contributed by atoms with E-state index in [-0.39, 0.29) is 5.56 Å². The molecule has 1 aromatic carbocycles. The van der Waals surface area contributed by atoms with E-state index >= 15 is 0 Å². The molecular formula is C11H16F2N2. The highest BCUT2D eigenvalue weighted by Crippen LogP contribution is 2.22. The zero-order valence-corrected chi connectivity index (χ0v) is 9.00. The number of alkyl halides is 1. The molecule has 0 saturated carbocycles. The van der Waals surface area contributed by atoms with Crippen LogP contribution in [0.25, 0.3) is 0 Å². The Hall–Kier alpha value is -1.16. The third-order valence-electron chi connectivity index (χ3n) is 2.39. The molecule has 0 heterocycles. The lowest BCUT2D eigenvalue weighted by Gasteiger charge is -2.22. The number of hydrogen-bond acceptors (Lipinski definition) is 2. The van der Waals surface area contributed by atoms with Gasteiger partial charge in [0.15, 0.2) is 6.30 Å². The van der Waals surface area contributed by atoms with Crippen molar-refractivity contribution in [1.29, 1.82) is 0 Å². The van der Waals surface area contributed by atoms with Crippen LogP contribution in [-0.2, 0) is 0 Å². The van der Waals surface area contributed by atoms with E-state index in [0.717, 1.165) is 6.07 Å². The molecule has 84 valence electrons. The fourth-order valence-corrected chi connectivity index (χ4v) is 1.52. The van der Waals surface area contributed by atoms with Gasteiger partial charge in [0.25, 0.3) is 0 Å². The van der Waals surface area contributed by atoms with Crippen LogP contribution in [0.5, 0.6) is 0 Å². The van der Waals surface area contributed by atoms with E-state index in [1.54, 1.807) is 6.07 Å². The van der Waals surface area contributed by atoms with Crippen LogP contribution in [0.3, 0.4) is 0 Å². The summed E-state index contributed by atoms with van der Waals surface area (Å²) in [6.45, 7) is 5.32. The van der Waals surface area contributed by atoms with E-state index in [9.17, 15) is 8.78 Å². The van der Waals surface area contributed by atoms with Crippen molar-refractivity contribution in [3.05, 3.63) is 29.6 Å². The van der Waals surface area contributed by atoms with Crippen LogP contribution in [-0.4, -0.2) is 13.1 Å². The summed E-state index contributed by atoms with van der Waals surface area (Å²) in [4.78, 5) is 1.86. The first-order valence-corrected chi connectivity index (χ1v) is 5.04. The van der Waals surface area contributed by atoms with Gasteiger partial charge in [-0.05, 0) is 26.0 Å². The highest BCUT2D eigenvalue weighted by Gasteiger charge is 2.11. The summed E-state index contributed by atoms with van der Waals surface area (Å²) in [5.74, 6) is -0.427. The Balaban J connectivity index is 3.02. The second kappa shape index (κ2) is 5.07. The van der Waals surface area contributed by atoms with Crippen LogP contribution in [0.4, 0.5) is 14.5 Å². The SMILES string of the molecule is CCN(CC)c1ccc(C(N)F)cc1F. The molecule has 1 aromatic rings. The Kier molecular flexibility index (Phi) is 4.03. The van der Waals surface area contributed by atoms with Gasteiger partial charge in [-0.2, -0.15) is 0 Å². The van der Waals surface area contributed by atoms with Gasteiger partial charge in [0.2, 0.25) is 0 Å². The summed E-state index contributed by atoms with van der Waals surface area (Å²) < 4.78 is 26.3. The molecule has 2 N–H and O–H groups in total. The normalized spacial score (nSPS) is 12.6. The summed E-state index contributed by atoms with van der Waals surface area (Å²) in [6, 6.07) is 4.23. The number of benzene rings is 1. The molecule has 1 atom stereocenters. The minimum absolute atomic E-state index is 0.170. The number of rotatable bonds is 4. The lowest BCUT2D eigenvalue weighted by atomic mass is 10.1. The average Bonchev–Trinajstić information content (AvgIpc) is 2.21. The first-order valence-electron chi connectivity index (χ1n) is 5.04. The molecule has 0 aromatic heterocycles. The first kappa shape index (κ1) is 11.9. The molecule has 0 radical (unpaired) electrons. The topological polar surface area (TPSA) is 29.3 Å². The number of halogens is 2. The van der Waals surface area contributed by atoms with Gasteiger partial charge >= 0.3 is 0 Å². The molecule has 0 aliphatic heterocycles. The van der Waals surface area contributed by atoms with E-state index in [2.05, 4.69) is 0 Å². The van der Waals surface area contributed by atoms with E-state index < -0.39 is 12.1 Å². The summed E-state index contributed by atoms with van der Waals surface area (Å²) >= 11 is 0. The maximum atomic E-state index is 13.6. The van der Waals surface area contributed by atoms with Crippen LogP contribution in [0.2, 0.25) is 0 Å². The minimum Gasteiger partial charge on any atom is -0.370 e. The zero-order chi connectivity index (χ0) is 11.4. The van der Waals surface area contributed by atoms with Gasteiger partial charge < -0.3 is 4.90 Å². The molecule has 0 aliphatic carbocycles. The van der Waals surface area contributed by atoms with Gasteiger partial charge in [0, 0.05) is 18.7 Å². The second-order valence-corrected chi connectivity index (χ2v) is 3.28. The van der Waals surface area contributed by atoms with Crippen molar-refractivity contribution in [2.75, 3.05) is 18.0 Å². The largest absolute Gasteiger partial charge is 0.370 e. The summed E-state index contributed by atoms with van der Waals surface area (Å²) in [6.07, 6.45) is -1.62. The standard InChI is InChI=1S/C11H16F2N2/c1-3-15(4-2)10-6-5-8(11(13)14)7-9(10)12/h5-7,11H,3-4,14H2,1-2H3. The lowest BCUT2D eigenvalue weighted by Crippen LogP contribution is -2.23. The Bertz CT molecular complexity index is 322. The molecule has 0 aliphatic rings. The molecule has 0 spiro atoms. The number of nitrogens with two attached hydrogens (primary N) is 1. The molecule has 4 heteroatoms. The van der Waals surface area contributed by atoms with Gasteiger partial charge in [-0.3, -0.25) is 5.73 Å². The van der Waals surface area contributed by atoms with E-state index in [1.807, 2.05) is 18.7 Å². The third-order valence-corrected chi connectivity index (χ3v) is 2.39. The van der Waals surface area contributed by atoms with Crippen molar-refractivity contribution in [3.63, 3.8) is 0 Å². The Morgan fingerprint density at radius 2 is 1.93 bits per heavy atom. The molecule has 0 fully saturated rings. The minimum atomic E-state index is -1.62. The highest BCUT2D eigenvalue weighted by atomic mass is 19.1. The molecule has 1 unspecified atom stereocenters. The smallest absolute Gasteiger partial charge is 0.174 e. The first-order chi connectivity index (χ1) is 7.10. The van der Waals surface area contributed by atoms with Gasteiger partial charge in [0.1, 0.15) is 5.82 Å². The van der Waals surface area contributed by atoms with Crippen molar-refractivity contribution in [2.45, 2.75) is 20.1 Å². The van der Waals surface area contributed by atoms with Crippen LogP contribution in [0, 0.1) is 5.82 Å². The summed E-state index contributed by atoms with van der Waals surface area (Å²) in [7, 11) is 0. The predicted molar refractivity (Wildman–Crippen MR) is 58.0 cm³/mol. The number of nitrogens with zero attached hydrogens (tertiary/aromatic N) is 1. The van der Waals surface area contributed by atoms with Crippen molar-refractivity contribution in [1.82, 2.24) is 0 Å². The van der Waals surface area contributed by atoms with E-state index in [1.165, 1.54) is 6.07 Å². The Labute approximate surface area is 88.7 Å². The highest BCUT2D eigenvalue weighted by molar-refractivity contribution is 5.49.